The summed E-state index contributed by atoms with van der Waals surface area (Å²) in [5.74, 6) is 0.895. The maximum atomic E-state index is 5.98. The molecule has 0 saturated carbocycles. The molecule has 6 heteroatoms. The van der Waals surface area contributed by atoms with E-state index < -0.39 is 8.80 Å². The van der Waals surface area contributed by atoms with Crippen LogP contribution in [0, 0.1) is 0 Å². The van der Waals surface area contributed by atoms with Gasteiger partial charge in [-0.1, -0.05) is 50.2 Å². The second-order valence-electron chi connectivity index (χ2n) is 8.95. The van der Waals surface area contributed by atoms with E-state index in [4.69, 9.17) is 22.8 Å². The van der Waals surface area contributed by atoms with E-state index in [1.807, 2.05) is 20.8 Å². The fraction of sp³-hybridized carbons (Fsp3) is 0.556. The Labute approximate surface area is 200 Å². The smallest absolute Gasteiger partial charge is 0.491 e. The topological polar surface area (TPSA) is 49.5 Å². The van der Waals surface area contributed by atoms with Gasteiger partial charge in [0.25, 0.3) is 0 Å². The third-order valence-corrected chi connectivity index (χ3v) is 9.28. The van der Waals surface area contributed by atoms with Crippen LogP contribution in [0.2, 0.25) is 6.04 Å². The highest BCUT2D eigenvalue weighted by atomic mass is 28.4. The van der Waals surface area contributed by atoms with Crippen molar-refractivity contribution in [1.82, 2.24) is 0 Å². The molecule has 3 rings (SSSR count). The quantitative estimate of drug-likeness (QED) is 0.243. The van der Waals surface area contributed by atoms with Crippen LogP contribution in [0.25, 0.3) is 0 Å². The molecule has 33 heavy (non-hydrogen) atoms. The zero-order chi connectivity index (χ0) is 23.7. The van der Waals surface area contributed by atoms with Crippen LogP contribution in [0.4, 0.5) is 0 Å². The second-order valence-corrected chi connectivity index (χ2v) is 11.7. The van der Waals surface area contributed by atoms with Gasteiger partial charge in [0.05, 0.1) is 6.61 Å². The Kier molecular flexibility index (Phi) is 9.53. The molecule has 2 aromatic carbocycles. The van der Waals surface area contributed by atoms with Crippen molar-refractivity contribution in [3.05, 3.63) is 65.2 Å². The highest BCUT2D eigenvalue weighted by molar-refractivity contribution is 6.60. The molecule has 1 aliphatic rings. The molecule has 1 saturated heterocycles. The number of hydrogen-bond donors (Lipinski definition) is 0. The summed E-state index contributed by atoms with van der Waals surface area (Å²) in [6.07, 6.45) is 2.25. The number of aryl methyl sites for hydroxylation is 1. The zero-order valence-corrected chi connectivity index (χ0v) is 21.9. The Bertz CT molecular complexity index is 814. The van der Waals surface area contributed by atoms with E-state index in [9.17, 15) is 0 Å². The van der Waals surface area contributed by atoms with Crippen molar-refractivity contribution in [3.63, 3.8) is 0 Å². The third-order valence-electron chi connectivity index (χ3n) is 6.13. The van der Waals surface area contributed by atoms with E-state index >= 15 is 0 Å². The molecule has 0 aromatic heterocycles. The van der Waals surface area contributed by atoms with Crippen molar-refractivity contribution >= 4 is 8.80 Å². The molecular weight excluding hydrogens is 432 g/mol. The van der Waals surface area contributed by atoms with E-state index in [0.29, 0.717) is 26.4 Å². The monoisotopic (exact) mass is 472 g/mol. The molecule has 2 aromatic rings. The first-order valence-corrected chi connectivity index (χ1v) is 14.2. The van der Waals surface area contributed by atoms with E-state index in [0.717, 1.165) is 31.2 Å². The molecule has 0 radical (unpaired) electrons. The Morgan fingerprint density at radius 3 is 1.85 bits per heavy atom. The van der Waals surface area contributed by atoms with Crippen LogP contribution in [0.5, 0.6) is 5.75 Å². The molecule has 0 spiro atoms. The molecule has 1 fully saturated rings. The van der Waals surface area contributed by atoms with Gasteiger partial charge in [0, 0.05) is 31.3 Å². The average molecular weight is 473 g/mol. The maximum Gasteiger partial charge on any atom is 0.500 e. The predicted molar refractivity (Wildman–Crippen MR) is 134 cm³/mol. The minimum absolute atomic E-state index is 0.0857. The largest absolute Gasteiger partial charge is 0.500 e. The van der Waals surface area contributed by atoms with Crippen molar-refractivity contribution in [3.8, 4) is 5.75 Å². The minimum Gasteiger partial charge on any atom is -0.491 e. The van der Waals surface area contributed by atoms with Crippen LogP contribution in [-0.2, 0) is 29.9 Å². The highest BCUT2D eigenvalue weighted by Crippen LogP contribution is 2.33. The van der Waals surface area contributed by atoms with E-state index in [1.165, 1.54) is 16.7 Å². The summed E-state index contributed by atoms with van der Waals surface area (Å²) in [6.45, 7) is 13.9. The van der Waals surface area contributed by atoms with E-state index in [1.54, 1.807) is 0 Å². The number of hydrogen-bond acceptors (Lipinski definition) is 5. The summed E-state index contributed by atoms with van der Waals surface area (Å²) in [4.78, 5) is 0. The summed E-state index contributed by atoms with van der Waals surface area (Å²) in [5.41, 5.74) is 3.81. The van der Waals surface area contributed by atoms with Crippen LogP contribution < -0.4 is 4.74 Å². The number of benzene rings is 2. The lowest BCUT2D eigenvalue weighted by Crippen LogP contribution is -2.46. The SMILES string of the molecule is CCO[Si](CCCc1ccc(C(C)(C)c2ccc(OCC3CO3)cc2)cc1)(OCC)OCC. The normalized spacial score (nSPS) is 16.1. The van der Waals surface area contributed by atoms with Crippen LogP contribution in [-0.4, -0.2) is 47.9 Å². The lowest BCUT2D eigenvalue weighted by Gasteiger charge is -2.28. The minimum atomic E-state index is -2.57. The fourth-order valence-corrected chi connectivity index (χ4v) is 6.70. The van der Waals surface area contributed by atoms with Gasteiger partial charge in [-0.05, 0) is 62.4 Å². The first kappa shape index (κ1) is 25.9. The fourth-order valence-electron chi connectivity index (χ4n) is 4.09. The lowest BCUT2D eigenvalue weighted by atomic mass is 9.78. The second kappa shape index (κ2) is 12.1. The lowest BCUT2D eigenvalue weighted by molar-refractivity contribution is 0.0708. The van der Waals surface area contributed by atoms with Crippen molar-refractivity contribution in [2.24, 2.45) is 0 Å². The first-order valence-electron chi connectivity index (χ1n) is 12.3. The van der Waals surface area contributed by atoms with Gasteiger partial charge in [0.2, 0.25) is 0 Å². The highest BCUT2D eigenvalue weighted by Gasteiger charge is 2.39. The molecule has 5 nitrogen and oxygen atoms in total. The maximum absolute atomic E-state index is 5.98. The zero-order valence-electron chi connectivity index (χ0n) is 20.9. The van der Waals surface area contributed by atoms with E-state index in [-0.39, 0.29) is 11.5 Å². The average Bonchev–Trinajstić information content (AvgIpc) is 3.64. The van der Waals surface area contributed by atoms with Gasteiger partial charge in [-0.25, -0.2) is 0 Å². The van der Waals surface area contributed by atoms with Crippen LogP contribution in [0.15, 0.2) is 48.5 Å². The van der Waals surface area contributed by atoms with Crippen molar-refractivity contribution in [2.45, 2.75) is 65.0 Å². The van der Waals surface area contributed by atoms with Crippen LogP contribution >= 0.6 is 0 Å². The molecule has 1 aliphatic heterocycles. The van der Waals surface area contributed by atoms with Crippen LogP contribution in [0.3, 0.4) is 0 Å². The van der Waals surface area contributed by atoms with Gasteiger partial charge in [0.1, 0.15) is 18.5 Å². The van der Waals surface area contributed by atoms with Crippen LogP contribution in [0.1, 0.15) is 57.7 Å². The summed E-state index contributed by atoms with van der Waals surface area (Å²) < 4.78 is 28.9. The summed E-state index contributed by atoms with van der Waals surface area (Å²) >= 11 is 0. The van der Waals surface area contributed by atoms with Gasteiger partial charge >= 0.3 is 8.80 Å². The standard InChI is InChI=1S/C27H40O5Si/c1-6-30-33(31-7-2,32-8-3)19-9-10-22-11-13-23(14-12-22)27(4,5)24-15-17-25(18-16-24)28-20-26-21-29-26/h11-18,26H,6-10,19-21H2,1-5H3. The first-order chi connectivity index (χ1) is 15.9. The summed E-state index contributed by atoms with van der Waals surface area (Å²) in [7, 11) is -2.57. The van der Waals surface area contributed by atoms with E-state index in [2.05, 4.69) is 62.4 Å². The Morgan fingerprint density at radius 2 is 1.36 bits per heavy atom. The number of rotatable bonds is 15. The molecule has 0 amide bonds. The van der Waals surface area contributed by atoms with Gasteiger partial charge < -0.3 is 22.8 Å². The Morgan fingerprint density at radius 1 is 0.848 bits per heavy atom. The molecule has 0 N–H and O–H groups in total. The molecule has 1 atom stereocenters. The van der Waals surface area contributed by atoms with Gasteiger partial charge in [-0.3, -0.25) is 0 Å². The van der Waals surface area contributed by atoms with Crippen molar-refractivity contribution in [2.75, 3.05) is 33.0 Å². The summed E-state index contributed by atoms with van der Waals surface area (Å²) in [5, 5.41) is 0. The Hall–Kier alpha value is -1.70. The molecule has 1 unspecified atom stereocenters. The number of ether oxygens (including phenoxy) is 2. The number of epoxide rings is 1. The van der Waals surface area contributed by atoms with Gasteiger partial charge in [0.15, 0.2) is 0 Å². The van der Waals surface area contributed by atoms with Gasteiger partial charge in [-0.15, -0.1) is 0 Å². The molecule has 0 bridgehead atoms. The van der Waals surface area contributed by atoms with Crippen molar-refractivity contribution < 1.29 is 22.8 Å². The molecule has 1 heterocycles. The third kappa shape index (κ3) is 7.39. The van der Waals surface area contributed by atoms with Gasteiger partial charge in [-0.2, -0.15) is 0 Å². The summed E-state index contributed by atoms with van der Waals surface area (Å²) in [6, 6.07) is 18.3. The molecule has 182 valence electrons. The molecule has 0 aliphatic carbocycles. The Balaban J connectivity index is 1.57. The van der Waals surface area contributed by atoms with Crippen molar-refractivity contribution in [1.29, 1.82) is 0 Å². The molecular formula is C27H40O5Si. The predicted octanol–water partition coefficient (Wildman–Crippen LogP) is 5.77.